The van der Waals surface area contributed by atoms with Crippen molar-refractivity contribution >= 4 is 34.1 Å². The Morgan fingerprint density at radius 3 is 2.59 bits per heavy atom. The smallest absolute Gasteiger partial charge is 0.311 e. The lowest BCUT2D eigenvalue weighted by atomic mass is 9.53. The third-order valence-electron chi connectivity index (χ3n) is 11.8. The van der Waals surface area contributed by atoms with E-state index in [0.717, 1.165) is 61.1 Å². The Balaban J connectivity index is 1.23. The molecule has 4 aliphatic carbocycles. The fourth-order valence-corrected chi connectivity index (χ4v) is 10.3. The molecular weight excluding hydrogens is 595 g/mol. The molecule has 7 nitrogen and oxygen atoms in total. The molecule has 0 aliphatic heterocycles. The fraction of sp³-hybridized carbons (Fsp3) is 0.684. The van der Waals surface area contributed by atoms with Crippen molar-refractivity contribution in [3.63, 3.8) is 0 Å². The number of carbonyl (C=O) groups excluding carboxylic acids is 2. The van der Waals surface area contributed by atoms with E-state index >= 15 is 0 Å². The Morgan fingerprint density at radius 1 is 1.11 bits per heavy atom. The van der Waals surface area contributed by atoms with Crippen LogP contribution in [0.25, 0.3) is 0 Å². The quantitative estimate of drug-likeness (QED) is 0.167. The third kappa shape index (κ3) is 6.79. The van der Waals surface area contributed by atoms with Crippen molar-refractivity contribution < 1.29 is 19.2 Å². The first-order valence-electron chi connectivity index (χ1n) is 17.7. The molecule has 8 heteroatoms. The summed E-state index contributed by atoms with van der Waals surface area (Å²) in [6.07, 6.45) is 14.8. The van der Waals surface area contributed by atoms with Crippen LogP contribution in [-0.2, 0) is 26.3 Å². The molecule has 1 heterocycles. The minimum Gasteiger partial charge on any atom is -0.426 e. The van der Waals surface area contributed by atoms with Crippen molar-refractivity contribution in [2.75, 3.05) is 12.4 Å². The zero-order valence-electron chi connectivity index (χ0n) is 28.7. The van der Waals surface area contributed by atoms with Gasteiger partial charge in [-0.1, -0.05) is 64.6 Å². The number of thiazole rings is 1. The molecule has 6 rings (SSSR count). The van der Waals surface area contributed by atoms with E-state index in [0.29, 0.717) is 47.6 Å². The van der Waals surface area contributed by atoms with Gasteiger partial charge in [0.1, 0.15) is 12.9 Å². The molecule has 1 aromatic heterocycles. The van der Waals surface area contributed by atoms with Crippen LogP contribution in [0.2, 0.25) is 0 Å². The van der Waals surface area contributed by atoms with Crippen LogP contribution in [0.1, 0.15) is 132 Å². The SMILES string of the molecule is CO/N=C1\C[C@@H](CCC(=O)Nc2ncc(C)s2)C2C3CCc4cc(OC(=O)CCC5CCCC5)c(C(C)(C)C)cc4C3CC[C@]12C. The molecule has 46 heavy (non-hydrogen) atoms. The number of amides is 1. The highest BCUT2D eigenvalue weighted by molar-refractivity contribution is 7.15. The van der Waals surface area contributed by atoms with E-state index in [4.69, 9.17) is 9.57 Å². The summed E-state index contributed by atoms with van der Waals surface area (Å²) in [5.41, 5.74) is 4.92. The molecule has 1 amide bonds. The Labute approximate surface area is 279 Å². The summed E-state index contributed by atoms with van der Waals surface area (Å²) in [6.45, 7) is 11.1. The van der Waals surface area contributed by atoms with Crippen molar-refractivity contribution in [2.45, 2.75) is 129 Å². The minimum atomic E-state index is -0.149. The van der Waals surface area contributed by atoms with Crippen molar-refractivity contribution in [2.24, 2.45) is 34.2 Å². The van der Waals surface area contributed by atoms with Crippen LogP contribution in [0.15, 0.2) is 23.5 Å². The summed E-state index contributed by atoms with van der Waals surface area (Å²) in [7, 11) is 1.65. The monoisotopic (exact) mass is 647 g/mol. The molecule has 3 fully saturated rings. The highest BCUT2D eigenvalue weighted by Crippen LogP contribution is 2.63. The van der Waals surface area contributed by atoms with Crippen molar-refractivity contribution in [1.29, 1.82) is 0 Å². The van der Waals surface area contributed by atoms with Crippen LogP contribution in [-0.4, -0.2) is 29.7 Å². The summed E-state index contributed by atoms with van der Waals surface area (Å²) >= 11 is 1.51. The number of aromatic nitrogens is 1. The average Bonchev–Trinajstić information content (AvgIpc) is 3.74. The summed E-state index contributed by atoms with van der Waals surface area (Å²) in [4.78, 5) is 36.8. The van der Waals surface area contributed by atoms with Crippen LogP contribution < -0.4 is 10.1 Å². The van der Waals surface area contributed by atoms with E-state index in [1.54, 1.807) is 13.3 Å². The maximum Gasteiger partial charge on any atom is 0.311 e. The molecule has 0 spiro atoms. The summed E-state index contributed by atoms with van der Waals surface area (Å²) in [5.74, 6) is 3.16. The van der Waals surface area contributed by atoms with Crippen LogP contribution >= 0.6 is 11.3 Å². The Hall–Kier alpha value is -2.74. The number of oxime groups is 1. The van der Waals surface area contributed by atoms with Gasteiger partial charge in [-0.3, -0.25) is 9.59 Å². The number of carbonyl (C=O) groups is 2. The summed E-state index contributed by atoms with van der Waals surface area (Å²) in [5, 5.41) is 8.28. The van der Waals surface area contributed by atoms with Crippen LogP contribution in [0, 0.1) is 36.0 Å². The molecule has 5 atom stereocenters. The second kappa shape index (κ2) is 13.4. The van der Waals surface area contributed by atoms with E-state index in [2.05, 4.69) is 55.3 Å². The lowest BCUT2D eigenvalue weighted by Crippen LogP contribution is -2.44. The Kier molecular flexibility index (Phi) is 9.67. The zero-order chi connectivity index (χ0) is 32.6. The normalized spacial score (nSPS) is 28.4. The molecule has 1 N–H and O–H groups in total. The molecule has 0 bridgehead atoms. The van der Waals surface area contributed by atoms with Gasteiger partial charge in [-0.25, -0.2) is 4.98 Å². The number of ether oxygens (including phenoxy) is 1. The second-order valence-corrected chi connectivity index (χ2v) is 17.0. The van der Waals surface area contributed by atoms with Crippen LogP contribution in [0.4, 0.5) is 5.13 Å². The van der Waals surface area contributed by atoms with Gasteiger partial charge in [0, 0.05) is 34.9 Å². The Bertz CT molecular complexity index is 1470. The highest BCUT2D eigenvalue weighted by atomic mass is 32.1. The van der Waals surface area contributed by atoms with Crippen molar-refractivity contribution in [1.82, 2.24) is 4.98 Å². The number of esters is 1. The van der Waals surface area contributed by atoms with Gasteiger partial charge >= 0.3 is 5.97 Å². The molecule has 4 aliphatic rings. The van der Waals surface area contributed by atoms with Gasteiger partial charge in [0.15, 0.2) is 5.13 Å². The van der Waals surface area contributed by atoms with E-state index in [9.17, 15) is 9.59 Å². The van der Waals surface area contributed by atoms with E-state index in [1.807, 2.05) is 6.92 Å². The lowest BCUT2D eigenvalue weighted by Gasteiger charge is -2.50. The van der Waals surface area contributed by atoms with E-state index in [-0.39, 0.29) is 22.7 Å². The minimum absolute atomic E-state index is 0.0239. The largest absolute Gasteiger partial charge is 0.426 e. The van der Waals surface area contributed by atoms with Gasteiger partial charge in [0.25, 0.3) is 0 Å². The number of aryl methyl sites for hydroxylation is 2. The van der Waals surface area contributed by atoms with Gasteiger partial charge in [0.05, 0.1) is 5.71 Å². The number of fused-ring (bicyclic) bond motifs is 5. The summed E-state index contributed by atoms with van der Waals surface area (Å²) < 4.78 is 6.17. The van der Waals surface area contributed by atoms with E-state index < -0.39 is 0 Å². The molecule has 0 saturated heterocycles. The number of nitrogens with one attached hydrogen (secondary N) is 1. The molecule has 1 aromatic carbocycles. The van der Waals surface area contributed by atoms with Crippen LogP contribution in [0.3, 0.4) is 0 Å². The molecule has 2 aromatic rings. The van der Waals surface area contributed by atoms with Crippen molar-refractivity contribution in [3.8, 4) is 5.75 Å². The number of rotatable bonds is 9. The number of benzene rings is 1. The van der Waals surface area contributed by atoms with Gasteiger partial charge in [-0.15, -0.1) is 11.3 Å². The molecular formula is C38H53N3O4S. The lowest BCUT2D eigenvalue weighted by molar-refractivity contribution is -0.134. The first-order valence-corrected chi connectivity index (χ1v) is 18.5. The molecule has 0 radical (unpaired) electrons. The van der Waals surface area contributed by atoms with Gasteiger partial charge < -0.3 is 14.9 Å². The fourth-order valence-electron chi connectivity index (χ4n) is 9.57. The number of anilines is 1. The topological polar surface area (TPSA) is 89.9 Å². The van der Waals surface area contributed by atoms with Crippen LogP contribution in [0.5, 0.6) is 5.75 Å². The number of nitrogens with zero attached hydrogens (tertiary/aromatic N) is 2. The standard InChI is InChI=1S/C38H53N3O4S/c1-23-22-39-36(46-23)40-33(42)15-13-26-20-32(41-44-6)38(5)18-17-27-28(35(26)38)14-12-25-19-31(30(21-29(25)27)37(2,3)4)45-34(43)16-11-24-9-7-8-10-24/h19,21-22,24,26-28,35H,7-18,20H2,1-6H3,(H,39,40,42)/b41-32+/t26-,27?,28?,35?,38-/m1/s1. The number of hydrogen-bond acceptors (Lipinski definition) is 7. The highest BCUT2D eigenvalue weighted by Gasteiger charge is 2.57. The first kappa shape index (κ1) is 33.2. The molecule has 3 unspecified atom stereocenters. The maximum absolute atomic E-state index is 13.1. The van der Waals surface area contributed by atoms with Gasteiger partial charge in [-0.05, 0) is 104 Å². The average molecular weight is 648 g/mol. The van der Waals surface area contributed by atoms with E-state index in [1.165, 1.54) is 53.9 Å². The van der Waals surface area contributed by atoms with Crippen molar-refractivity contribution in [3.05, 3.63) is 39.9 Å². The predicted molar refractivity (Wildman–Crippen MR) is 185 cm³/mol. The molecule has 3 saturated carbocycles. The third-order valence-corrected chi connectivity index (χ3v) is 12.6. The van der Waals surface area contributed by atoms with Gasteiger partial charge in [0.2, 0.25) is 5.91 Å². The zero-order valence-corrected chi connectivity index (χ0v) is 29.6. The second-order valence-electron chi connectivity index (χ2n) is 15.8. The predicted octanol–water partition coefficient (Wildman–Crippen LogP) is 9.13. The summed E-state index contributed by atoms with van der Waals surface area (Å²) in [6, 6.07) is 4.61. The Morgan fingerprint density at radius 2 is 1.89 bits per heavy atom. The first-order chi connectivity index (χ1) is 22.0. The molecule has 250 valence electrons. The maximum atomic E-state index is 13.1. The van der Waals surface area contributed by atoms with Gasteiger partial charge in [-0.2, -0.15) is 0 Å². The number of hydrogen-bond donors (Lipinski definition) is 1.